The molecule has 2 aliphatic rings. The fourth-order valence-electron chi connectivity index (χ4n) is 3.48. The van der Waals surface area contributed by atoms with E-state index >= 15 is 0 Å². The van der Waals surface area contributed by atoms with E-state index in [4.69, 9.17) is 4.74 Å². The van der Waals surface area contributed by atoms with Gasteiger partial charge in [-0.2, -0.15) is 5.10 Å². The molecule has 0 N–H and O–H groups in total. The van der Waals surface area contributed by atoms with Gasteiger partial charge in [0, 0.05) is 50.1 Å². The van der Waals surface area contributed by atoms with Gasteiger partial charge in [0.15, 0.2) is 5.82 Å². The zero-order valence-electron chi connectivity index (χ0n) is 12.8. The number of ether oxygens (including phenoxy) is 1. The molecular formula is C17H22N4O. The van der Waals surface area contributed by atoms with E-state index in [1.807, 2.05) is 6.20 Å². The van der Waals surface area contributed by atoms with E-state index in [0.29, 0.717) is 0 Å². The third kappa shape index (κ3) is 2.78. The first kappa shape index (κ1) is 13.9. The van der Waals surface area contributed by atoms with Crippen molar-refractivity contribution in [2.75, 3.05) is 50.8 Å². The number of fused-ring (bicyclic) bond motifs is 1. The molecule has 1 atom stereocenters. The normalized spacial score (nSPS) is 23.3. The van der Waals surface area contributed by atoms with Gasteiger partial charge >= 0.3 is 0 Å². The summed E-state index contributed by atoms with van der Waals surface area (Å²) in [5, 5.41) is 10.9. The van der Waals surface area contributed by atoms with Crippen molar-refractivity contribution in [2.45, 2.75) is 6.42 Å². The van der Waals surface area contributed by atoms with Gasteiger partial charge in [-0.3, -0.25) is 4.90 Å². The van der Waals surface area contributed by atoms with E-state index in [0.717, 1.165) is 56.5 Å². The van der Waals surface area contributed by atoms with Crippen molar-refractivity contribution in [2.24, 2.45) is 5.92 Å². The largest absolute Gasteiger partial charge is 0.381 e. The number of piperazine rings is 1. The Morgan fingerprint density at radius 1 is 1.14 bits per heavy atom. The van der Waals surface area contributed by atoms with Gasteiger partial charge in [-0.15, -0.1) is 5.10 Å². The van der Waals surface area contributed by atoms with Gasteiger partial charge in [0.25, 0.3) is 0 Å². The van der Waals surface area contributed by atoms with E-state index in [9.17, 15) is 0 Å². The van der Waals surface area contributed by atoms with E-state index in [1.165, 1.54) is 18.4 Å². The molecule has 0 aliphatic carbocycles. The van der Waals surface area contributed by atoms with Crippen LogP contribution in [0.3, 0.4) is 0 Å². The van der Waals surface area contributed by atoms with E-state index < -0.39 is 0 Å². The SMILES string of the molecule is c1ccc2c(N3CCN(CC4CCOC4)CC3)nncc2c1. The number of nitrogens with zero attached hydrogens (tertiary/aromatic N) is 4. The molecule has 2 saturated heterocycles. The second-order valence-corrected chi connectivity index (χ2v) is 6.27. The summed E-state index contributed by atoms with van der Waals surface area (Å²) in [6.07, 6.45) is 3.06. The van der Waals surface area contributed by atoms with Crippen LogP contribution in [0.4, 0.5) is 5.82 Å². The predicted octanol–water partition coefficient (Wildman–Crippen LogP) is 1.79. The molecule has 0 saturated carbocycles. The Morgan fingerprint density at radius 3 is 2.82 bits per heavy atom. The van der Waals surface area contributed by atoms with Crippen molar-refractivity contribution in [3.8, 4) is 0 Å². The van der Waals surface area contributed by atoms with Crippen LogP contribution in [-0.2, 0) is 4.74 Å². The number of rotatable bonds is 3. The van der Waals surface area contributed by atoms with Crippen molar-refractivity contribution >= 4 is 16.6 Å². The summed E-state index contributed by atoms with van der Waals surface area (Å²) < 4.78 is 5.48. The lowest BCUT2D eigenvalue weighted by atomic mass is 10.1. The lowest BCUT2D eigenvalue weighted by Crippen LogP contribution is -2.48. The maximum absolute atomic E-state index is 5.48. The molecule has 0 spiro atoms. The van der Waals surface area contributed by atoms with Crippen LogP contribution in [-0.4, -0.2) is 61.0 Å². The predicted molar refractivity (Wildman–Crippen MR) is 87.1 cm³/mol. The Morgan fingerprint density at radius 2 is 2.00 bits per heavy atom. The Labute approximate surface area is 130 Å². The van der Waals surface area contributed by atoms with Crippen LogP contribution in [0.2, 0.25) is 0 Å². The van der Waals surface area contributed by atoms with E-state index in [1.54, 1.807) is 0 Å². The molecule has 22 heavy (non-hydrogen) atoms. The zero-order chi connectivity index (χ0) is 14.8. The monoisotopic (exact) mass is 298 g/mol. The van der Waals surface area contributed by atoms with Crippen LogP contribution < -0.4 is 4.90 Å². The highest BCUT2D eigenvalue weighted by Crippen LogP contribution is 2.24. The summed E-state index contributed by atoms with van der Waals surface area (Å²) in [6.45, 7) is 7.30. The summed E-state index contributed by atoms with van der Waals surface area (Å²) in [4.78, 5) is 4.94. The molecule has 1 unspecified atom stereocenters. The lowest BCUT2D eigenvalue weighted by molar-refractivity contribution is 0.164. The van der Waals surface area contributed by atoms with E-state index in [-0.39, 0.29) is 0 Å². The highest BCUT2D eigenvalue weighted by Gasteiger charge is 2.24. The second-order valence-electron chi connectivity index (χ2n) is 6.27. The maximum Gasteiger partial charge on any atom is 0.159 e. The topological polar surface area (TPSA) is 41.5 Å². The smallest absolute Gasteiger partial charge is 0.159 e. The molecule has 3 heterocycles. The highest BCUT2D eigenvalue weighted by molar-refractivity contribution is 5.91. The number of benzene rings is 1. The fraction of sp³-hybridized carbons (Fsp3) is 0.529. The molecule has 2 aromatic rings. The van der Waals surface area contributed by atoms with Gasteiger partial charge in [-0.1, -0.05) is 24.3 Å². The maximum atomic E-state index is 5.48. The highest BCUT2D eigenvalue weighted by atomic mass is 16.5. The average Bonchev–Trinajstić information content (AvgIpc) is 3.08. The Balaban J connectivity index is 1.44. The molecular weight excluding hydrogens is 276 g/mol. The number of aromatic nitrogens is 2. The van der Waals surface area contributed by atoms with Crippen molar-refractivity contribution in [3.63, 3.8) is 0 Å². The third-order valence-electron chi connectivity index (χ3n) is 4.76. The minimum atomic E-state index is 0.726. The summed E-state index contributed by atoms with van der Waals surface area (Å²) >= 11 is 0. The molecule has 1 aromatic carbocycles. The van der Waals surface area contributed by atoms with Crippen LogP contribution in [0, 0.1) is 5.92 Å². The molecule has 5 heteroatoms. The van der Waals surface area contributed by atoms with Gasteiger partial charge in [-0.25, -0.2) is 0 Å². The Kier molecular flexibility index (Phi) is 3.91. The molecule has 0 bridgehead atoms. The van der Waals surface area contributed by atoms with Crippen molar-refractivity contribution in [1.29, 1.82) is 0 Å². The van der Waals surface area contributed by atoms with E-state index in [2.05, 4.69) is 44.3 Å². The fourth-order valence-corrected chi connectivity index (χ4v) is 3.48. The van der Waals surface area contributed by atoms with Gasteiger partial charge in [0.2, 0.25) is 0 Å². The Hall–Kier alpha value is -1.72. The minimum absolute atomic E-state index is 0.726. The van der Waals surface area contributed by atoms with Gasteiger partial charge in [-0.05, 0) is 12.3 Å². The van der Waals surface area contributed by atoms with Gasteiger partial charge < -0.3 is 9.64 Å². The molecule has 0 amide bonds. The minimum Gasteiger partial charge on any atom is -0.381 e. The first-order valence-corrected chi connectivity index (χ1v) is 8.15. The summed E-state index contributed by atoms with van der Waals surface area (Å²) in [6, 6.07) is 8.37. The van der Waals surface area contributed by atoms with Crippen molar-refractivity contribution < 1.29 is 4.74 Å². The van der Waals surface area contributed by atoms with Crippen molar-refractivity contribution in [3.05, 3.63) is 30.5 Å². The second kappa shape index (κ2) is 6.18. The molecule has 2 fully saturated rings. The standard InChI is InChI=1S/C17H22N4O/c1-2-4-16-15(3-1)11-18-19-17(16)21-8-6-20(7-9-21)12-14-5-10-22-13-14/h1-4,11,14H,5-10,12-13H2. The molecule has 116 valence electrons. The Bertz CT molecular complexity index is 628. The lowest BCUT2D eigenvalue weighted by Gasteiger charge is -2.36. The summed E-state index contributed by atoms with van der Waals surface area (Å²) in [5.41, 5.74) is 0. The summed E-state index contributed by atoms with van der Waals surface area (Å²) in [5.74, 6) is 1.76. The zero-order valence-corrected chi connectivity index (χ0v) is 12.8. The summed E-state index contributed by atoms with van der Waals surface area (Å²) in [7, 11) is 0. The number of anilines is 1. The molecule has 0 radical (unpaired) electrons. The molecule has 1 aromatic heterocycles. The number of hydrogen-bond acceptors (Lipinski definition) is 5. The third-order valence-corrected chi connectivity index (χ3v) is 4.76. The van der Waals surface area contributed by atoms with Crippen LogP contribution >= 0.6 is 0 Å². The quantitative estimate of drug-likeness (QED) is 0.864. The first-order valence-electron chi connectivity index (χ1n) is 8.15. The number of hydrogen-bond donors (Lipinski definition) is 0. The molecule has 5 nitrogen and oxygen atoms in total. The average molecular weight is 298 g/mol. The van der Waals surface area contributed by atoms with Crippen LogP contribution in [0.5, 0.6) is 0 Å². The van der Waals surface area contributed by atoms with Crippen LogP contribution in [0.25, 0.3) is 10.8 Å². The van der Waals surface area contributed by atoms with Gasteiger partial charge in [0.05, 0.1) is 12.8 Å². The molecule has 4 rings (SSSR count). The van der Waals surface area contributed by atoms with Crippen LogP contribution in [0.1, 0.15) is 6.42 Å². The van der Waals surface area contributed by atoms with Crippen LogP contribution in [0.15, 0.2) is 30.5 Å². The van der Waals surface area contributed by atoms with Crippen molar-refractivity contribution in [1.82, 2.24) is 15.1 Å². The first-order chi connectivity index (χ1) is 10.9. The molecule has 2 aliphatic heterocycles. The van der Waals surface area contributed by atoms with Gasteiger partial charge in [0.1, 0.15) is 0 Å².